The summed E-state index contributed by atoms with van der Waals surface area (Å²) in [6, 6.07) is 0.826. The van der Waals surface area contributed by atoms with Crippen molar-refractivity contribution in [2.45, 2.75) is 64.3 Å². The summed E-state index contributed by atoms with van der Waals surface area (Å²) in [4.78, 5) is 0. The van der Waals surface area contributed by atoms with Crippen molar-refractivity contribution in [1.82, 2.24) is 10.6 Å². The normalized spacial score (nSPS) is 23.8. The van der Waals surface area contributed by atoms with Gasteiger partial charge >= 0.3 is 0 Å². The highest BCUT2D eigenvalue weighted by Gasteiger charge is 2.40. The highest BCUT2D eigenvalue weighted by Crippen LogP contribution is 2.48. The molecule has 0 bridgehead atoms. The molecule has 2 rings (SSSR count). The Kier molecular flexibility index (Phi) is 4.66. The van der Waals surface area contributed by atoms with Gasteiger partial charge in [-0.25, -0.2) is 0 Å². The summed E-state index contributed by atoms with van der Waals surface area (Å²) in [6.07, 6.45) is 11.4. The van der Waals surface area contributed by atoms with Crippen LogP contribution in [0.15, 0.2) is 0 Å². The highest BCUT2D eigenvalue weighted by atomic mass is 15.0. The standard InChI is InChI=1S/C14H28N2/c1-2-7-14(8-9-14)12-15-10-11-16-13-5-3-4-6-13/h13,15-16H,2-12H2,1H3. The molecule has 0 spiro atoms. The Morgan fingerprint density at radius 2 is 1.88 bits per heavy atom. The van der Waals surface area contributed by atoms with E-state index in [4.69, 9.17) is 0 Å². The molecule has 2 aliphatic carbocycles. The lowest BCUT2D eigenvalue weighted by atomic mass is 10.0. The molecule has 2 N–H and O–H groups in total. The fourth-order valence-electron chi connectivity index (χ4n) is 3.07. The van der Waals surface area contributed by atoms with Crippen molar-refractivity contribution in [2.24, 2.45) is 5.41 Å². The van der Waals surface area contributed by atoms with E-state index in [0.29, 0.717) is 5.41 Å². The zero-order chi connectivity index (χ0) is 11.3. The summed E-state index contributed by atoms with van der Waals surface area (Å²) >= 11 is 0. The van der Waals surface area contributed by atoms with Crippen LogP contribution in [0.1, 0.15) is 58.3 Å². The predicted octanol–water partition coefficient (Wildman–Crippen LogP) is 2.69. The molecule has 0 radical (unpaired) electrons. The highest BCUT2D eigenvalue weighted by molar-refractivity contribution is 4.94. The minimum Gasteiger partial charge on any atom is -0.315 e. The second kappa shape index (κ2) is 6.02. The minimum absolute atomic E-state index is 0.710. The molecular formula is C14H28N2. The van der Waals surface area contributed by atoms with Crippen molar-refractivity contribution in [3.8, 4) is 0 Å². The van der Waals surface area contributed by atoms with Crippen LogP contribution in [0.5, 0.6) is 0 Å². The lowest BCUT2D eigenvalue weighted by Gasteiger charge is -2.16. The molecule has 2 fully saturated rings. The molecule has 0 amide bonds. The third-order valence-electron chi connectivity index (χ3n) is 4.33. The Morgan fingerprint density at radius 3 is 2.50 bits per heavy atom. The van der Waals surface area contributed by atoms with E-state index in [9.17, 15) is 0 Å². The van der Waals surface area contributed by atoms with Crippen molar-refractivity contribution < 1.29 is 0 Å². The largest absolute Gasteiger partial charge is 0.315 e. The second-order valence-electron chi connectivity index (χ2n) is 5.86. The molecule has 2 saturated carbocycles. The van der Waals surface area contributed by atoms with Crippen LogP contribution in [-0.4, -0.2) is 25.7 Å². The maximum Gasteiger partial charge on any atom is 0.00793 e. The fraction of sp³-hybridized carbons (Fsp3) is 1.00. The molecule has 16 heavy (non-hydrogen) atoms. The van der Waals surface area contributed by atoms with Crippen LogP contribution in [0.2, 0.25) is 0 Å². The summed E-state index contributed by atoms with van der Waals surface area (Å²) in [7, 11) is 0. The first-order valence-corrected chi connectivity index (χ1v) is 7.29. The van der Waals surface area contributed by atoms with Gasteiger partial charge in [-0.1, -0.05) is 26.2 Å². The smallest absolute Gasteiger partial charge is 0.00793 e. The van der Waals surface area contributed by atoms with E-state index in [1.807, 2.05) is 0 Å². The van der Waals surface area contributed by atoms with Gasteiger partial charge in [0.15, 0.2) is 0 Å². The summed E-state index contributed by atoms with van der Waals surface area (Å²) in [5, 5.41) is 7.29. The van der Waals surface area contributed by atoms with E-state index in [-0.39, 0.29) is 0 Å². The molecule has 0 heterocycles. The average molecular weight is 224 g/mol. The molecule has 2 heteroatoms. The lowest BCUT2D eigenvalue weighted by Crippen LogP contribution is -2.35. The van der Waals surface area contributed by atoms with E-state index < -0.39 is 0 Å². The van der Waals surface area contributed by atoms with Gasteiger partial charge in [0.1, 0.15) is 0 Å². The van der Waals surface area contributed by atoms with Gasteiger partial charge in [-0.15, -0.1) is 0 Å². The van der Waals surface area contributed by atoms with Crippen molar-refractivity contribution in [3.63, 3.8) is 0 Å². The zero-order valence-corrected chi connectivity index (χ0v) is 10.9. The number of hydrogen-bond donors (Lipinski definition) is 2. The van der Waals surface area contributed by atoms with Gasteiger partial charge in [0.05, 0.1) is 0 Å². The fourth-order valence-corrected chi connectivity index (χ4v) is 3.07. The van der Waals surface area contributed by atoms with Gasteiger partial charge in [-0.2, -0.15) is 0 Å². The van der Waals surface area contributed by atoms with Gasteiger partial charge in [0, 0.05) is 25.7 Å². The van der Waals surface area contributed by atoms with Crippen molar-refractivity contribution >= 4 is 0 Å². The summed E-state index contributed by atoms with van der Waals surface area (Å²) < 4.78 is 0. The molecule has 0 unspecified atom stereocenters. The monoisotopic (exact) mass is 224 g/mol. The molecule has 94 valence electrons. The number of nitrogens with one attached hydrogen (secondary N) is 2. The van der Waals surface area contributed by atoms with E-state index in [2.05, 4.69) is 17.6 Å². The van der Waals surface area contributed by atoms with Gasteiger partial charge < -0.3 is 10.6 Å². The van der Waals surface area contributed by atoms with E-state index in [1.54, 1.807) is 0 Å². The Labute approximate surface area is 101 Å². The Balaban J connectivity index is 1.45. The van der Waals surface area contributed by atoms with Crippen LogP contribution < -0.4 is 10.6 Å². The van der Waals surface area contributed by atoms with Crippen LogP contribution in [-0.2, 0) is 0 Å². The first kappa shape index (κ1) is 12.4. The van der Waals surface area contributed by atoms with Crippen LogP contribution in [0, 0.1) is 5.41 Å². The maximum atomic E-state index is 3.66. The van der Waals surface area contributed by atoms with E-state index >= 15 is 0 Å². The molecule has 2 nitrogen and oxygen atoms in total. The summed E-state index contributed by atoms with van der Waals surface area (Å²) in [6.45, 7) is 5.88. The lowest BCUT2D eigenvalue weighted by molar-refractivity contribution is 0.413. The maximum absolute atomic E-state index is 3.66. The Morgan fingerprint density at radius 1 is 1.12 bits per heavy atom. The van der Waals surface area contributed by atoms with Gasteiger partial charge in [-0.3, -0.25) is 0 Å². The Hall–Kier alpha value is -0.0800. The Bertz CT molecular complexity index is 193. The zero-order valence-electron chi connectivity index (χ0n) is 10.9. The van der Waals surface area contributed by atoms with Crippen molar-refractivity contribution in [3.05, 3.63) is 0 Å². The van der Waals surface area contributed by atoms with E-state index in [0.717, 1.165) is 19.1 Å². The predicted molar refractivity (Wildman–Crippen MR) is 69.7 cm³/mol. The molecular weight excluding hydrogens is 196 g/mol. The van der Waals surface area contributed by atoms with E-state index in [1.165, 1.54) is 57.9 Å². The quantitative estimate of drug-likeness (QED) is 0.619. The summed E-state index contributed by atoms with van der Waals surface area (Å²) in [5.74, 6) is 0. The van der Waals surface area contributed by atoms with Crippen LogP contribution in [0.4, 0.5) is 0 Å². The SMILES string of the molecule is CCCC1(CNCCNC2CCCC2)CC1. The molecule has 0 aromatic heterocycles. The van der Waals surface area contributed by atoms with Crippen LogP contribution >= 0.6 is 0 Å². The van der Waals surface area contributed by atoms with Gasteiger partial charge in [-0.05, 0) is 37.5 Å². The average Bonchev–Trinajstić information content (AvgIpc) is 2.85. The number of hydrogen-bond acceptors (Lipinski definition) is 2. The molecule has 2 aliphatic rings. The van der Waals surface area contributed by atoms with Gasteiger partial charge in [0.25, 0.3) is 0 Å². The third-order valence-corrected chi connectivity index (χ3v) is 4.33. The molecule has 0 atom stereocenters. The minimum atomic E-state index is 0.710. The topological polar surface area (TPSA) is 24.1 Å². The molecule has 0 aliphatic heterocycles. The van der Waals surface area contributed by atoms with Crippen LogP contribution in [0.25, 0.3) is 0 Å². The molecule has 0 aromatic rings. The summed E-state index contributed by atoms with van der Waals surface area (Å²) in [5.41, 5.74) is 0.710. The first-order chi connectivity index (χ1) is 7.85. The second-order valence-corrected chi connectivity index (χ2v) is 5.86. The van der Waals surface area contributed by atoms with Crippen molar-refractivity contribution in [2.75, 3.05) is 19.6 Å². The third kappa shape index (κ3) is 3.74. The van der Waals surface area contributed by atoms with Crippen LogP contribution in [0.3, 0.4) is 0 Å². The number of rotatable bonds is 8. The van der Waals surface area contributed by atoms with Crippen molar-refractivity contribution in [1.29, 1.82) is 0 Å². The first-order valence-electron chi connectivity index (χ1n) is 7.29. The molecule has 0 saturated heterocycles. The molecule has 0 aromatic carbocycles. The van der Waals surface area contributed by atoms with Gasteiger partial charge in [0.2, 0.25) is 0 Å².